The Morgan fingerprint density at radius 2 is 2.06 bits per heavy atom. The van der Waals surface area contributed by atoms with Crippen molar-refractivity contribution in [2.24, 2.45) is 0 Å². The van der Waals surface area contributed by atoms with E-state index in [1.807, 2.05) is 30.3 Å². The molecule has 0 saturated carbocycles. The van der Waals surface area contributed by atoms with Crippen molar-refractivity contribution in [3.63, 3.8) is 0 Å². The lowest BCUT2D eigenvalue weighted by molar-refractivity contribution is 0.0357. The SMILES string of the molecule is CC(CC1CO1)OCCOc1ccccc1. The van der Waals surface area contributed by atoms with Crippen LogP contribution in [0.3, 0.4) is 0 Å². The Hall–Kier alpha value is -1.06. The van der Waals surface area contributed by atoms with Crippen LogP contribution in [-0.2, 0) is 9.47 Å². The predicted octanol–water partition coefficient (Wildman–Crippen LogP) is 2.26. The molecule has 0 spiro atoms. The third-order valence-corrected chi connectivity index (χ3v) is 2.49. The molecule has 1 aliphatic rings. The summed E-state index contributed by atoms with van der Waals surface area (Å²) >= 11 is 0. The van der Waals surface area contributed by atoms with Crippen molar-refractivity contribution < 1.29 is 14.2 Å². The Morgan fingerprint density at radius 1 is 1.31 bits per heavy atom. The lowest BCUT2D eigenvalue weighted by Gasteiger charge is -2.12. The van der Waals surface area contributed by atoms with Crippen LogP contribution in [0.5, 0.6) is 5.75 Å². The maximum atomic E-state index is 5.61. The number of rotatable bonds is 7. The van der Waals surface area contributed by atoms with E-state index in [0.717, 1.165) is 18.8 Å². The molecule has 2 atom stereocenters. The molecule has 16 heavy (non-hydrogen) atoms. The Kier molecular flexibility index (Phi) is 4.19. The molecule has 1 saturated heterocycles. The molecule has 88 valence electrons. The Morgan fingerprint density at radius 3 is 2.75 bits per heavy atom. The van der Waals surface area contributed by atoms with Gasteiger partial charge in [-0.3, -0.25) is 0 Å². The monoisotopic (exact) mass is 222 g/mol. The van der Waals surface area contributed by atoms with Crippen LogP contribution < -0.4 is 4.74 Å². The van der Waals surface area contributed by atoms with E-state index in [-0.39, 0.29) is 6.10 Å². The van der Waals surface area contributed by atoms with Crippen molar-refractivity contribution in [1.82, 2.24) is 0 Å². The topological polar surface area (TPSA) is 31.0 Å². The molecule has 0 aliphatic carbocycles. The molecule has 2 unspecified atom stereocenters. The van der Waals surface area contributed by atoms with Crippen LogP contribution in [-0.4, -0.2) is 32.0 Å². The first-order valence-corrected chi connectivity index (χ1v) is 5.75. The van der Waals surface area contributed by atoms with E-state index in [0.29, 0.717) is 19.3 Å². The smallest absolute Gasteiger partial charge is 0.119 e. The van der Waals surface area contributed by atoms with Gasteiger partial charge in [0, 0.05) is 6.42 Å². The number of ether oxygens (including phenoxy) is 3. The van der Waals surface area contributed by atoms with Crippen LogP contribution in [0.1, 0.15) is 13.3 Å². The summed E-state index contributed by atoms with van der Waals surface area (Å²) in [4.78, 5) is 0. The van der Waals surface area contributed by atoms with Gasteiger partial charge in [-0.15, -0.1) is 0 Å². The van der Waals surface area contributed by atoms with Gasteiger partial charge in [-0.25, -0.2) is 0 Å². The van der Waals surface area contributed by atoms with Crippen molar-refractivity contribution in [3.05, 3.63) is 30.3 Å². The molecule has 0 amide bonds. The number of hydrogen-bond donors (Lipinski definition) is 0. The second-order valence-electron chi connectivity index (χ2n) is 4.03. The van der Waals surface area contributed by atoms with E-state index < -0.39 is 0 Å². The Bertz CT molecular complexity index is 295. The number of para-hydroxylation sites is 1. The van der Waals surface area contributed by atoms with Crippen LogP contribution in [0, 0.1) is 0 Å². The Balaban J connectivity index is 1.54. The molecule has 1 heterocycles. The van der Waals surface area contributed by atoms with Gasteiger partial charge in [0.15, 0.2) is 0 Å². The lowest BCUT2D eigenvalue weighted by atomic mass is 10.2. The molecule has 2 rings (SSSR count). The third kappa shape index (κ3) is 4.21. The molecule has 0 aromatic heterocycles. The number of epoxide rings is 1. The number of benzene rings is 1. The van der Waals surface area contributed by atoms with Crippen LogP contribution >= 0.6 is 0 Å². The van der Waals surface area contributed by atoms with Crippen molar-refractivity contribution >= 4 is 0 Å². The zero-order valence-electron chi connectivity index (χ0n) is 9.59. The average Bonchev–Trinajstić information content (AvgIpc) is 3.10. The predicted molar refractivity (Wildman–Crippen MR) is 61.7 cm³/mol. The van der Waals surface area contributed by atoms with E-state index in [1.165, 1.54) is 0 Å². The highest BCUT2D eigenvalue weighted by atomic mass is 16.6. The molecule has 1 aliphatic heterocycles. The van der Waals surface area contributed by atoms with Crippen molar-refractivity contribution in [2.75, 3.05) is 19.8 Å². The molecule has 3 heteroatoms. The minimum absolute atomic E-state index is 0.256. The van der Waals surface area contributed by atoms with Gasteiger partial charge in [0.05, 0.1) is 25.4 Å². The molecule has 1 fully saturated rings. The molecule has 0 radical (unpaired) electrons. The highest BCUT2D eigenvalue weighted by Gasteiger charge is 2.24. The summed E-state index contributed by atoms with van der Waals surface area (Å²) in [7, 11) is 0. The van der Waals surface area contributed by atoms with Crippen LogP contribution in [0.25, 0.3) is 0 Å². The van der Waals surface area contributed by atoms with Crippen LogP contribution in [0.4, 0.5) is 0 Å². The fraction of sp³-hybridized carbons (Fsp3) is 0.538. The van der Waals surface area contributed by atoms with Gasteiger partial charge in [0.2, 0.25) is 0 Å². The van der Waals surface area contributed by atoms with Crippen molar-refractivity contribution in [3.8, 4) is 5.75 Å². The first-order valence-electron chi connectivity index (χ1n) is 5.75. The molecule has 1 aromatic rings. The van der Waals surface area contributed by atoms with Gasteiger partial charge in [-0.2, -0.15) is 0 Å². The maximum Gasteiger partial charge on any atom is 0.119 e. The van der Waals surface area contributed by atoms with E-state index in [4.69, 9.17) is 14.2 Å². The van der Waals surface area contributed by atoms with Gasteiger partial charge >= 0.3 is 0 Å². The lowest BCUT2D eigenvalue weighted by Crippen LogP contribution is -2.16. The zero-order chi connectivity index (χ0) is 11.2. The van der Waals surface area contributed by atoms with E-state index in [9.17, 15) is 0 Å². The first kappa shape index (κ1) is 11.4. The second-order valence-corrected chi connectivity index (χ2v) is 4.03. The summed E-state index contributed by atoms with van der Waals surface area (Å²) in [5.41, 5.74) is 0. The summed E-state index contributed by atoms with van der Waals surface area (Å²) < 4.78 is 16.3. The normalized spacial score (nSPS) is 20.4. The van der Waals surface area contributed by atoms with E-state index >= 15 is 0 Å². The minimum atomic E-state index is 0.256. The fourth-order valence-electron chi connectivity index (χ4n) is 1.57. The van der Waals surface area contributed by atoms with Crippen LogP contribution in [0.15, 0.2) is 30.3 Å². The summed E-state index contributed by atoms with van der Waals surface area (Å²) in [6.07, 6.45) is 1.68. The second kappa shape index (κ2) is 5.87. The molecular formula is C13H18O3. The summed E-state index contributed by atoms with van der Waals surface area (Å²) in [6, 6.07) is 9.79. The van der Waals surface area contributed by atoms with Crippen molar-refractivity contribution in [1.29, 1.82) is 0 Å². The van der Waals surface area contributed by atoms with Crippen LogP contribution in [0.2, 0.25) is 0 Å². The molecule has 1 aromatic carbocycles. The summed E-state index contributed by atoms with van der Waals surface area (Å²) in [5.74, 6) is 0.893. The molecule has 0 bridgehead atoms. The summed E-state index contributed by atoms with van der Waals surface area (Å²) in [5, 5.41) is 0. The minimum Gasteiger partial charge on any atom is -0.491 e. The highest BCUT2D eigenvalue weighted by molar-refractivity contribution is 5.20. The molecule has 3 nitrogen and oxygen atoms in total. The number of hydrogen-bond acceptors (Lipinski definition) is 3. The molecular weight excluding hydrogens is 204 g/mol. The third-order valence-electron chi connectivity index (χ3n) is 2.49. The summed E-state index contributed by atoms with van der Waals surface area (Å²) in [6.45, 7) is 4.20. The van der Waals surface area contributed by atoms with E-state index in [1.54, 1.807) is 0 Å². The average molecular weight is 222 g/mol. The van der Waals surface area contributed by atoms with Gasteiger partial charge in [0.1, 0.15) is 12.4 Å². The van der Waals surface area contributed by atoms with Crippen molar-refractivity contribution in [2.45, 2.75) is 25.6 Å². The van der Waals surface area contributed by atoms with E-state index in [2.05, 4.69) is 6.92 Å². The maximum absolute atomic E-state index is 5.61. The fourth-order valence-corrected chi connectivity index (χ4v) is 1.57. The molecule has 0 N–H and O–H groups in total. The van der Waals surface area contributed by atoms with Gasteiger partial charge in [-0.1, -0.05) is 18.2 Å². The van der Waals surface area contributed by atoms with Gasteiger partial charge in [0.25, 0.3) is 0 Å². The standard InChI is InChI=1S/C13H18O3/c1-11(9-13-10-16-13)14-7-8-15-12-5-3-2-4-6-12/h2-6,11,13H,7-10H2,1H3. The van der Waals surface area contributed by atoms with Gasteiger partial charge in [-0.05, 0) is 19.1 Å². The largest absolute Gasteiger partial charge is 0.491 e. The first-order chi connectivity index (χ1) is 7.84. The quantitative estimate of drug-likeness (QED) is 0.524. The zero-order valence-corrected chi connectivity index (χ0v) is 9.59. The highest BCUT2D eigenvalue weighted by Crippen LogP contribution is 2.17. The Labute approximate surface area is 96.3 Å². The van der Waals surface area contributed by atoms with Gasteiger partial charge < -0.3 is 14.2 Å².